The summed E-state index contributed by atoms with van der Waals surface area (Å²) in [4.78, 5) is 16.5. The van der Waals surface area contributed by atoms with Crippen molar-refractivity contribution >= 4 is 5.91 Å². The maximum atomic E-state index is 12.5. The molecule has 1 aromatic heterocycles. The van der Waals surface area contributed by atoms with E-state index in [2.05, 4.69) is 46.8 Å². The van der Waals surface area contributed by atoms with E-state index >= 15 is 0 Å². The second-order valence-corrected chi connectivity index (χ2v) is 6.66. The number of nitrogens with zero attached hydrogens (tertiary/aromatic N) is 1. The van der Waals surface area contributed by atoms with Gasteiger partial charge in [0.15, 0.2) is 0 Å². The fraction of sp³-hybridized carbons (Fsp3) is 0.400. The molecule has 1 fully saturated rings. The van der Waals surface area contributed by atoms with E-state index in [1.165, 1.54) is 5.56 Å². The summed E-state index contributed by atoms with van der Waals surface area (Å²) in [6.45, 7) is 4.84. The first-order valence-electron chi connectivity index (χ1n) is 8.77. The van der Waals surface area contributed by atoms with E-state index in [0.717, 1.165) is 30.8 Å². The number of ether oxygens (including phenoxy) is 1. The van der Waals surface area contributed by atoms with Crippen molar-refractivity contribution in [3.8, 4) is 5.75 Å². The molecule has 1 aromatic carbocycles. The molecule has 1 aliphatic rings. The van der Waals surface area contributed by atoms with Crippen LogP contribution in [0.2, 0.25) is 0 Å². The molecular formula is C20H25N3O2. The number of amides is 1. The van der Waals surface area contributed by atoms with Crippen LogP contribution in [-0.2, 0) is 11.3 Å². The Balaban J connectivity index is 1.45. The van der Waals surface area contributed by atoms with Gasteiger partial charge in [-0.1, -0.05) is 29.8 Å². The highest BCUT2D eigenvalue weighted by Crippen LogP contribution is 2.18. The smallest absolute Gasteiger partial charge is 0.224 e. The molecule has 2 N–H and O–H groups in total. The lowest BCUT2D eigenvalue weighted by Gasteiger charge is -2.29. The average molecular weight is 339 g/mol. The van der Waals surface area contributed by atoms with Gasteiger partial charge in [0.25, 0.3) is 0 Å². The Bertz CT molecular complexity index is 673. The maximum absolute atomic E-state index is 12.5. The van der Waals surface area contributed by atoms with Gasteiger partial charge >= 0.3 is 0 Å². The zero-order valence-electron chi connectivity index (χ0n) is 14.6. The van der Waals surface area contributed by atoms with Gasteiger partial charge in [0.05, 0.1) is 18.7 Å². The molecule has 0 unspecified atom stereocenters. The van der Waals surface area contributed by atoms with Crippen LogP contribution in [0.15, 0.2) is 48.8 Å². The Hall–Kier alpha value is -2.40. The van der Waals surface area contributed by atoms with Gasteiger partial charge in [-0.3, -0.25) is 9.78 Å². The summed E-state index contributed by atoms with van der Waals surface area (Å²) in [5, 5.41) is 6.40. The molecule has 25 heavy (non-hydrogen) atoms. The van der Waals surface area contributed by atoms with Crippen LogP contribution in [0.3, 0.4) is 0 Å². The minimum absolute atomic E-state index is 0.0123. The lowest BCUT2D eigenvalue weighted by atomic mass is 9.90. The fourth-order valence-electron chi connectivity index (χ4n) is 3.04. The second-order valence-electron chi connectivity index (χ2n) is 6.66. The van der Waals surface area contributed by atoms with E-state index in [4.69, 9.17) is 4.74 Å². The summed E-state index contributed by atoms with van der Waals surface area (Å²) in [5.41, 5.74) is 2.35. The molecule has 5 heteroatoms. The van der Waals surface area contributed by atoms with Gasteiger partial charge in [0, 0.05) is 31.7 Å². The Kier molecular flexibility index (Phi) is 6.01. The Morgan fingerprint density at radius 2 is 2.12 bits per heavy atom. The minimum atomic E-state index is -0.0123. The molecule has 1 saturated heterocycles. The van der Waals surface area contributed by atoms with E-state index in [0.29, 0.717) is 19.1 Å². The van der Waals surface area contributed by atoms with Crippen molar-refractivity contribution in [3.05, 3.63) is 59.9 Å². The largest absolute Gasteiger partial charge is 0.492 e. The van der Waals surface area contributed by atoms with Gasteiger partial charge in [0.2, 0.25) is 5.91 Å². The van der Waals surface area contributed by atoms with Crippen LogP contribution in [0.4, 0.5) is 0 Å². The van der Waals surface area contributed by atoms with E-state index in [-0.39, 0.29) is 11.8 Å². The molecule has 3 rings (SSSR count). The number of carbonyl (C=O) groups excluding carboxylic acids is 1. The number of pyridine rings is 1. The molecule has 0 aliphatic carbocycles. The van der Waals surface area contributed by atoms with Gasteiger partial charge in [-0.2, -0.15) is 0 Å². The molecule has 2 heterocycles. The molecular weight excluding hydrogens is 314 g/mol. The van der Waals surface area contributed by atoms with Crippen LogP contribution < -0.4 is 15.4 Å². The van der Waals surface area contributed by atoms with Crippen molar-refractivity contribution in [1.82, 2.24) is 15.6 Å². The standard InChI is InChI=1S/C20H25N3O2/c1-15-4-6-16(7-5-15)11-23-20(24)18-9-17(10-22-12-18)14-25-19-3-2-8-21-13-19/h2-8,13,17-18,22H,9-12,14H2,1H3,(H,23,24)/t17-,18+/m0/s1. The summed E-state index contributed by atoms with van der Waals surface area (Å²) >= 11 is 0. The topological polar surface area (TPSA) is 63.2 Å². The van der Waals surface area contributed by atoms with Gasteiger partial charge in [-0.25, -0.2) is 0 Å². The van der Waals surface area contributed by atoms with Crippen LogP contribution in [0.25, 0.3) is 0 Å². The van der Waals surface area contributed by atoms with Crippen molar-refractivity contribution in [2.45, 2.75) is 19.9 Å². The van der Waals surface area contributed by atoms with Crippen LogP contribution in [0.1, 0.15) is 17.5 Å². The summed E-state index contributed by atoms with van der Waals surface area (Å²) in [5.74, 6) is 1.19. The molecule has 0 radical (unpaired) electrons. The van der Waals surface area contributed by atoms with Crippen LogP contribution in [0.5, 0.6) is 5.75 Å². The third kappa shape index (κ3) is 5.29. The van der Waals surface area contributed by atoms with Gasteiger partial charge < -0.3 is 15.4 Å². The van der Waals surface area contributed by atoms with Crippen molar-refractivity contribution in [1.29, 1.82) is 0 Å². The third-order valence-corrected chi connectivity index (χ3v) is 4.52. The summed E-state index contributed by atoms with van der Waals surface area (Å²) in [6, 6.07) is 12.0. The SMILES string of the molecule is Cc1ccc(CNC(=O)[C@H]2CNC[C@@H](COc3cccnc3)C2)cc1. The zero-order chi connectivity index (χ0) is 17.5. The van der Waals surface area contributed by atoms with Crippen LogP contribution in [0, 0.1) is 18.8 Å². The van der Waals surface area contributed by atoms with Crippen LogP contribution in [-0.4, -0.2) is 30.6 Å². The molecule has 0 saturated carbocycles. The number of benzene rings is 1. The highest BCUT2D eigenvalue weighted by molar-refractivity contribution is 5.79. The molecule has 5 nitrogen and oxygen atoms in total. The first-order valence-corrected chi connectivity index (χ1v) is 8.77. The lowest BCUT2D eigenvalue weighted by molar-refractivity contribution is -0.126. The Morgan fingerprint density at radius 3 is 2.88 bits per heavy atom. The van der Waals surface area contributed by atoms with Crippen molar-refractivity contribution in [2.75, 3.05) is 19.7 Å². The number of aromatic nitrogens is 1. The van der Waals surface area contributed by atoms with E-state index in [9.17, 15) is 4.79 Å². The van der Waals surface area contributed by atoms with Crippen molar-refractivity contribution < 1.29 is 9.53 Å². The number of hydrogen-bond acceptors (Lipinski definition) is 4. The van der Waals surface area contributed by atoms with E-state index < -0.39 is 0 Å². The normalized spacial score (nSPS) is 20.0. The molecule has 1 aliphatic heterocycles. The van der Waals surface area contributed by atoms with Crippen LogP contribution >= 0.6 is 0 Å². The summed E-state index contributed by atoms with van der Waals surface area (Å²) in [7, 11) is 0. The molecule has 2 atom stereocenters. The first kappa shape index (κ1) is 17.4. The average Bonchev–Trinajstić information content (AvgIpc) is 2.67. The number of carbonyl (C=O) groups is 1. The number of rotatable bonds is 6. The highest BCUT2D eigenvalue weighted by Gasteiger charge is 2.27. The molecule has 2 aromatic rings. The summed E-state index contributed by atoms with van der Waals surface area (Å²) in [6.07, 6.45) is 4.28. The number of nitrogens with one attached hydrogen (secondary N) is 2. The Morgan fingerprint density at radius 1 is 1.28 bits per heavy atom. The molecule has 132 valence electrons. The Labute approximate surface area is 148 Å². The van der Waals surface area contributed by atoms with E-state index in [1.54, 1.807) is 12.4 Å². The number of aryl methyl sites for hydroxylation is 1. The zero-order valence-corrected chi connectivity index (χ0v) is 14.6. The predicted molar refractivity (Wildman–Crippen MR) is 97.2 cm³/mol. The van der Waals surface area contributed by atoms with Crippen molar-refractivity contribution in [3.63, 3.8) is 0 Å². The van der Waals surface area contributed by atoms with E-state index in [1.807, 2.05) is 12.1 Å². The summed E-state index contributed by atoms with van der Waals surface area (Å²) < 4.78 is 5.78. The first-order chi connectivity index (χ1) is 12.2. The quantitative estimate of drug-likeness (QED) is 0.848. The number of hydrogen-bond donors (Lipinski definition) is 2. The fourth-order valence-corrected chi connectivity index (χ4v) is 3.04. The third-order valence-electron chi connectivity index (χ3n) is 4.52. The molecule has 1 amide bonds. The van der Waals surface area contributed by atoms with Gasteiger partial charge in [-0.05, 0) is 31.0 Å². The lowest BCUT2D eigenvalue weighted by Crippen LogP contribution is -2.45. The predicted octanol–water partition coefficient (Wildman–Crippen LogP) is 2.31. The molecule has 0 spiro atoms. The maximum Gasteiger partial charge on any atom is 0.224 e. The monoisotopic (exact) mass is 339 g/mol. The highest BCUT2D eigenvalue weighted by atomic mass is 16.5. The van der Waals surface area contributed by atoms with Crippen molar-refractivity contribution in [2.24, 2.45) is 11.8 Å². The van der Waals surface area contributed by atoms with Gasteiger partial charge in [0.1, 0.15) is 5.75 Å². The number of piperidine rings is 1. The minimum Gasteiger partial charge on any atom is -0.492 e. The van der Waals surface area contributed by atoms with Gasteiger partial charge in [-0.15, -0.1) is 0 Å². The molecule has 0 bridgehead atoms. The second kappa shape index (κ2) is 8.62.